The molecule has 2 heterocycles. The summed E-state index contributed by atoms with van der Waals surface area (Å²) in [5.74, 6) is 0. The van der Waals surface area contributed by atoms with Gasteiger partial charge in [0.1, 0.15) is 11.8 Å². The molecule has 0 bridgehead atoms. The molecule has 0 spiro atoms. The fraction of sp³-hybridized carbons (Fsp3) is 0.188. The first-order valence-corrected chi connectivity index (χ1v) is 6.48. The summed E-state index contributed by atoms with van der Waals surface area (Å²) in [7, 11) is 0. The van der Waals surface area contributed by atoms with E-state index in [2.05, 4.69) is 18.0 Å². The third-order valence-corrected chi connectivity index (χ3v) is 3.34. The van der Waals surface area contributed by atoms with Gasteiger partial charge in [-0.1, -0.05) is 37.3 Å². The van der Waals surface area contributed by atoms with Gasteiger partial charge in [0.05, 0.1) is 5.69 Å². The van der Waals surface area contributed by atoms with Crippen LogP contribution in [0.2, 0.25) is 0 Å². The molecule has 0 radical (unpaired) electrons. The number of aryl methyl sites for hydroxylation is 1. The summed E-state index contributed by atoms with van der Waals surface area (Å²) in [6.07, 6.45) is 4.09. The molecule has 0 amide bonds. The van der Waals surface area contributed by atoms with Gasteiger partial charge in [0.15, 0.2) is 0 Å². The highest BCUT2D eigenvalue weighted by atomic mass is 16.3. The molecule has 96 valence electrons. The Hall–Kier alpha value is -2.13. The molecule has 1 atom stereocenters. The second kappa shape index (κ2) is 4.86. The van der Waals surface area contributed by atoms with Crippen LogP contribution in [0.15, 0.2) is 54.9 Å². The summed E-state index contributed by atoms with van der Waals surface area (Å²) in [5, 5.41) is 10.4. The second-order valence-electron chi connectivity index (χ2n) is 4.63. The number of pyridine rings is 1. The van der Waals surface area contributed by atoms with Gasteiger partial charge < -0.3 is 9.51 Å². The van der Waals surface area contributed by atoms with Crippen molar-refractivity contribution in [2.75, 3.05) is 0 Å². The van der Waals surface area contributed by atoms with E-state index in [-0.39, 0.29) is 0 Å². The summed E-state index contributed by atoms with van der Waals surface area (Å²) in [6.45, 7) is 2.11. The Balaban J connectivity index is 2.00. The van der Waals surface area contributed by atoms with Crippen molar-refractivity contribution in [3.8, 4) is 0 Å². The van der Waals surface area contributed by atoms with Gasteiger partial charge in [-0.25, -0.2) is 4.98 Å². The SMILES string of the molecule is CCc1cccc(C(O)c2cn3ccccc3n2)c1. The lowest BCUT2D eigenvalue weighted by atomic mass is 10.0. The number of imidazole rings is 1. The molecule has 0 fully saturated rings. The Morgan fingerprint density at radius 3 is 2.89 bits per heavy atom. The fourth-order valence-electron chi connectivity index (χ4n) is 2.24. The van der Waals surface area contributed by atoms with E-state index in [4.69, 9.17) is 0 Å². The Morgan fingerprint density at radius 1 is 1.21 bits per heavy atom. The van der Waals surface area contributed by atoms with Crippen LogP contribution in [0.5, 0.6) is 0 Å². The van der Waals surface area contributed by atoms with Gasteiger partial charge in [0.2, 0.25) is 0 Å². The maximum atomic E-state index is 10.4. The zero-order valence-corrected chi connectivity index (χ0v) is 10.8. The van der Waals surface area contributed by atoms with Crippen molar-refractivity contribution in [3.63, 3.8) is 0 Å². The van der Waals surface area contributed by atoms with Crippen LogP contribution in [0.3, 0.4) is 0 Å². The molecule has 3 heteroatoms. The molecule has 0 saturated heterocycles. The zero-order valence-electron chi connectivity index (χ0n) is 10.8. The molecule has 3 rings (SSSR count). The van der Waals surface area contributed by atoms with Crippen LogP contribution >= 0.6 is 0 Å². The minimum atomic E-state index is -0.675. The monoisotopic (exact) mass is 252 g/mol. The highest BCUT2D eigenvalue weighted by Gasteiger charge is 2.14. The number of hydrogen-bond donors (Lipinski definition) is 1. The number of aliphatic hydroxyl groups excluding tert-OH is 1. The number of benzene rings is 1. The predicted octanol–water partition coefficient (Wildman–Crippen LogP) is 2.98. The van der Waals surface area contributed by atoms with Gasteiger partial charge in [-0.15, -0.1) is 0 Å². The molecule has 1 aromatic carbocycles. The lowest BCUT2D eigenvalue weighted by Crippen LogP contribution is -2.00. The first-order valence-electron chi connectivity index (χ1n) is 6.48. The van der Waals surface area contributed by atoms with Crippen LogP contribution < -0.4 is 0 Å². The predicted molar refractivity (Wildman–Crippen MR) is 75.1 cm³/mol. The highest BCUT2D eigenvalue weighted by molar-refractivity contribution is 5.41. The summed E-state index contributed by atoms with van der Waals surface area (Å²) >= 11 is 0. The molecule has 3 nitrogen and oxygen atoms in total. The van der Waals surface area contributed by atoms with E-state index < -0.39 is 6.10 Å². The van der Waals surface area contributed by atoms with E-state index >= 15 is 0 Å². The van der Waals surface area contributed by atoms with E-state index in [1.807, 2.05) is 53.2 Å². The zero-order chi connectivity index (χ0) is 13.2. The molecule has 0 saturated carbocycles. The van der Waals surface area contributed by atoms with Gasteiger partial charge in [-0.05, 0) is 29.7 Å². The summed E-state index contributed by atoms with van der Waals surface area (Å²) < 4.78 is 1.92. The van der Waals surface area contributed by atoms with E-state index in [0.29, 0.717) is 5.69 Å². The lowest BCUT2D eigenvalue weighted by Gasteiger charge is -2.09. The van der Waals surface area contributed by atoms with Gasteiger partial charge >= 0.3 is 0 Å². The largest absolute Gasteiger partial charge is 0.382 e. The van der Waals surface area contributed by atoms with Gasteiger partial charge in [-0.2, -0.15) is 0 Å². The van der Waals surface area contributed by atoms with Crippen molar-refractivity contribution in [2.24, 2.45) is 0 Å². The Kier molecular flexibility index (Phi) is 3.05. The van der Waals surface area contributed by atoms with Crippen molar-refractivity contribution in [1.82, 2.24) is 9.38 Å². The number of fused-ring (bicyclic) bond motifs is 1. The first-order chi connectivity index (χ1) is 9.28. The summed E-state index contributed by atoms with van der Waals surface area (Å²) in [5.41, 5.74) is 3.64. The molecule has 0 aliphatic heterocycles. The normalized spacial score (nSPS) is 12.7. The summed E-state index contributed by atoms with van der Waals surface area (Å²) in [6, 6.07) is 13.8. The number of aromatic nitrogens is 2. The Bertz CT molecular complexity index is 670. The lowest BCUT2D eigenvalue weighted by molar-refractivity contribution is 0.216. The molecular weight excluding hydrogens is 236 g/mol. The second-order valence-corrected chi connectivity index (χ2v) is 4.63. The van der Waals surface area contributed by atoms with Gasteiger partial charge in [0.25, 0.3) is 0 Å². The number of aliphatic hydroxyl groups is 1. The van der Waals surface area contributed by atoms with Crippen LogP contribution in [0, 0.1) is 0 Å². The van der Waals surface area contributed by atoms with Crippen LogP contribution in [0.4, 0.5) is 0 Å². The first kappa shape index (κ1) is 11.9. The smallest absolute Gasteiger partial charge is 0.137 e. The molecule has 1 N–H and O–H groups in total. The highest BCUT2D eigenvalue weighted by Crippen LogP contribution is 2.22. The molecule has 0 aliphatic carbocycles. The van der Waals surface area contributed by atoms with Gasteiger partial charge in [0, 0.05) is 12.4 Å². The topological polar surface area (TPSA) is 37.5 Å². The molecular formula is C16H16N2O. The molecule has 3 aromatic rings. The molecule has 2 aromatic heterocycles. The third-order valence-electron chi connectivity index (χ3n) is 3.34. The van der Waals surface area contributed by atoms with Crippen molar-refractivity contribution in [2.45, 2.75) is 19.4 Å². The van der Waals surface area contributed by atoms with E-state index in [1.165, 1.54) is 5.56 Å². The number of hydrogen-bond acceptors (Lipinski definition) is 2. The summed E-state index contributed by atoms with van der Waals surface area (Å²) in [4.78, 5) is 4.46. The van der Waals surface area contributed by atoms with Crippen molar-refractivity contribution < 1.29 is 5.11 Å². The molecule has 19 heavy (non-hydrogen) atoms. The maximum Gasteiger partial charge on any atom is 0.137 e. The number of rotatable bonds is 3. The van der Waals surface area contributed by atoms with E-state index in [1.54, 1.807) is 0 Å². The fourth-order valence-corrected chi connectivity index (χ4v) is 2.24. The minimum Gasteiger partial charge on any atom is -0.382 e. The van der Waals surface area contributed by atoms with E-state index in [9.17, 15) is 5.11 Å². The number of nitrogens with zero attached hydrogens (tertiary/aromatic N) is 2. The van der Waals surface area contributed by atoms with Crippen LogP contribution in [-0.4, -0.2) is 14.5 Å². The third kappa shape index (κ3) is 2.25. The Morgan fingerprint density at radius 2 is 2.11 bits per heavy atom. The van der Waals surface area contributed by atoms with E-state index in [0.717, 1.165) is 17.6 Å². The van der Waals surface area contributed by atoms with Gasteiger partial charge in [-0.3, -0.25) is 0 Å². The molecule has 0 aliphatic rings. The standard InChI is InChI=1S/C16H16N2O/c1-2-12-6-5-7-13(10-12)16(19)14-11-18-9-4-3-8-15(18)17-14/h3-11,16,19H,2H2,1H3. The minimum absolute atomic E-state index is 0.675. The van der Waals surface area contributed by atoms with Crippen molar-refractivity contribution in [3.05, 3.63) is 71.7 Å². The van der Waals surface area contributed by atoms with Crippen LogP contribution in [0.1, 0.15) is 29.8 Å². The Labute approximate surface area is 112 Å². The quantitative estimate of drug-likeness (QED) is 0.778. The van der Waals surface area contributed by atoms with Crippen LogP contribution in [-0.2, 0) is 6.42 Å². The van der Waals surface area contributed by atoms with Crippen molar-refractivity contribution >= 4 is 5.65 Å². The molecule has 1 unspecified atom stereocenters. The average molecular weight is 252 g/mol. The van der Waals surface area contributed by atoms with Crippen LogP contribution in [0.25, 0.3) is 5.65 Å². The van der Waals surface area contributed by atoms with Crippen molar-refractivity contribution in [1.29, 1.82) is 0 Å². The maximum absolute atomic E-state index is 10.4. The average Bonchev–Trinajstić information content (AvgIpc) is 2.90.